The van der Waals surface area contributed by atoms with Crippen LogP contribution in [0.3, 0.4) is 0 Å². The van der Waals surface area contributed by atoms with Crippen molar-refractivity contribution < 1.29 is 14.7 Å². The Balaban J connectivity index is 2.03. The molecule has 0 radical (unpaired) electrons. The van der Waals surface area contributed by atoms with Crippen LogP contribution in [0.1, 0.15) is 69.2 Å². The summed E-state index contributed by atoms with van der Waals surface area (Å²) in [6.45, 7) is 9.36. The Bertz CT molecular complexity index is 1350. The van der Waals surface area contributed by atoms with Gasteiger partial charge in [-0.1, -0.05) is 85.6 Å². The van der Waals surface area contributed by atoms with E-state index in [2.05, 4.69) is 23.8 Å². The molecule has 0 aliphatic heterocycles. The number of amides is 1. The first-order chi connectivity index (χ1) is 18.1. The normalized spacial score (nSPS) is 15.1. The number of allylic oxidation sites excluding steroid dienone is 4. The number of carbonyl (C=O) groups is 2. The fraction of sp³-hybridized carbons (Fsp3) is 0.258. The molecule has 1 atom stereocenters. The summed E-state index contributed by atoms with van der Waals surface area (Å²) in [4.78, 5) is 30.3. The van der Waals surface area contributed by atoms with E-state index in [0.717, 1.165) is 18.4 Å². The minimum atomic E-state index is -1.12. The van der Waals surface area contributed by atoms with E-state index in [9.17, 15) is 14.7 Å². The fourth-order valence-electron chi connectivity index (χ4n) is 4.62. The van der Waals surface area contributed by atoms with Gasteiger partial charge in [0.15, 0.2) is 0 Å². The predicted octanol–water partition coefficient (Wildman–Crippen LogP) is 8.02. The summed E-state index contributed by atoms with van der Waals surface area (Å²) in [5.41, 5.74) is 4.71. The summed E-state index contributed by atoms with van der Waals surface area (Å²) in [6, 6.07) is 15.0. The van der Waals surface area contributed by atoms with Crippen molar-refractivity contribution in [1.82, 2.24) is 5.32 Å². The number of aliphatic imine (C=N–C) groups is 1. The molecule has 1 amide bonds. The Morgan fingerprint density at radius 2 is 1.84 bits per heavy atom. The van der Waals surface area contributed by atoms with Crippen LogP contribution in [-0.4, -0.2) is 22.7 Å². The summed E-state index contributed by atoms with van der Waals surface area (Å²) < 4.78 is 0. The van der Waals surface area contributed by atoms with Crippen molar-refractivity contribution in [2.45, 2.75) is 52.5 Å². The van der Waals surface area contributed by atoms with Crippen molar-refractivity contribution in [3.63, 3.8) is 0 Å². The zero-order chi connectivity index (χ0) is 27.8. The number of rotatable bonds is 10. The van der Waals surface area contributed by atoms with Gasteiger partial charge in [-0.3, -0.25) is 9.79 Å². The van der Waals surface area contributed by atoms with Crippen molar-refractivity contribution in [1.29, 1.82) is 0 Å². The van der Waals surface area contributed by atoms with Gasteiger partial charge < -0.3 is 10.4 Å². The highest BCUT2D eigenvalue weighted by Gasteiger charge is 2.27. The lowest BCUT2D eigenvalue weighted by Gasteiger charge is -2.24. The molecule has 7 heteroatoms. The highest BCUT2D eigenvalue weighted by molar-refractivity contribution is 6.33. The maximum atomic E-state index is 13.3. The Kier molecular flexibility index (Phi) is 10.3. The first kappa shape index (κ1) is 29.2. The predicted molar refractivity (Wildman–Crippen MR) is 157 cm³/mol. The molecule has 0 unspecified atom stereocenters. The van der Waals surface area contributed by atoms with Crippen LogP contribution in [0, 0.1) is 0 Å². The maximum Gasteiger partial charge on any atom is 0.335 e. The Morgan fingerprint density at radius 3 is 2.47 bits per heavy atom. The molecule has 38 heavy (non-hydrogen) atoms. The second kappa shape index (κ2) is 13.4. The first-order valence-electron chi connectivity index (χ1n) is 12.5. The number of carbonyl (C=O) groups excluding carboxylic acids is 1. The van der Waals surface area contributed by atoms with Crippen LogP contribution in [-0.2, 0) is 9.59 Å². The molecule has 2 N–H and O–H groups in total. The molecule has 0 bridgehead atoms. The zero-order valence-corrected chi connectivity index (χ0v) is 23.4. The van der Waals surface area contributed by atoms with Gasteiger partial charge in [0.1, 0.15) is 0 Å². The van der Waals surface area contributed by atoms with Gasteiger partial charge >= 0.3 is 5.97 Å². The monoisotopic (exact) mass is 550 g/mol. The molecule has 1 aliphatic carbocycles. The van der Waals surface area contributed by atoms with E-state index < -0.39 is 5.97 Å². The molecule has 0 aromatic heterocycles. The smallest absolute Gasteiger partial charge is 0.335 e. The van der Waals surface area contributed by atoms with Crippen LogP contribution in [0.5, 0.6) is 0 Å². The van der Waals surface area contributed by atoms with Crippen molar-refractivity contribution in [3.05, 3.63) is 111 Å². The molecule has 0 heterocycles. The Labute approximate surface area is 234 Å². The summed E-state index contributed by atoms with van der Waals surface area (Å²) in [5.74, 6) is -1.38. The third-order valence-electron chi connectivity index (χ3n) is 6.31. The van der Waals surface area contributed by atoms with Crippen LogP contribution >= 0.6 is 23.2 Å². The van der Waals surface area contributed by atoms with Crippen LogP contribution in [0.15, 0.2) is 94.1 Å². The van der Waals surface area contributed by atoms with Crippen LogP contribution in [0.2, 0.25) is 5.02 Å². The maximum absolute atomic E-state index is 13.3. The lowest BCUT2D eigenvalue weighted by Crippen LogP contribution is -2.30. The van der Waals surface area contributed by atoms with E-state index in [1.807, 2.05) is 43.3 Å². The number of benzene rings is 2. The van der Waals surface area contributed by atoms with Gasteiger partial charge in [0.25, 0.3) is 0 Å². The lowest BCUT2D eigenvalue weighted by atomic mass is 9.84. The van der Waals surface area contributed by atoms with Crippen molar-refractivity contribution in [2.75, 3.05) is 0 Å². The van der Waals surface area contributed by atoms with E-state index in [-0.39, 0.29) is 17.5 Å². The highest BCUT2D eigenvalue weighted by Crippen LogP contribution is 2.38. The molecule has 2 aromatic rings. The molecule has 2 aromatic carbocycles. The number of carboxylic acid groups (broad SMARTS) is 1. The number of halogens is 2. The Morgan fingerprint density at radius 1 is 1.13 bits per heavy atom. The van der Waals surface area contributed by atoms with E-state index in [1.165, 1.54) is 6.08 Å². The third kappa shape index (κ3) is 7.33. The highest BCUT2D eigenvalue weighted by atomic mass is 35.5. The van der Waals surface area contributed by atoms with Gasteiger partial charge in [0.05, 0.1) is 11.6 Å². The molecule has 0 saturated heterocycles. The van der Waals surface area contributed by atoms with Gasteiger partial charge in [0, 0.05) is 38.2 Å². The SMILES string of the molecule is C=C(Cl)/C=C(\C)N=C(C)c1cccc(Cl)c1C1=C(C(=O)O)C=C(C(=O)N[C@H](CCC)c2ccccc2)CC1. The van der Waals surface area contributed by atoms with Gasteiger partial charge in [-0.25, -0.2) is 4.79 Å². The van der Waals surface area contributed by atoms with Crippen molar-refractivity contribution >= 4 is 46.4 Å². The minimum Gasteiger partial charge on any atom is -0.478 e. The molecule has 198 valence electrons. The zero-order valence-electron chi connectivity index (χ0n) is 21.9. The van der Waals surface area contributed by atoms with E-state index in [1.54, 1.807) is 25.1 Å². The fourth-order valence-corrected chi connectivity index (χ4v) is 5.07. The summed E-state index contributed by atoms with van der Waals surface area (Å²) in [5, 5.41) is 14.0. The number of aliphatic carboxylic acids is 1. The summed E-state index contributed by atoms with van der Waals surface area (Å²) in [7, 11) is 0. The number of hydrogen-bond acceptors (Lipinski definition) is 3. The molecule has 3 rings (SSSR count). The quantitative estimate of drug-likeness (QED) is 0.232. The Hall–Kier alpha value is -3.41. The second-order valence-corrected chi connectivity index (χ2v) is 10.1. The first-order valence-corrected chi connectivity index (χ1v) is 13.3. The molecule has 1 aliphatic rings. The number of hydrogen-bond donors (Lipinski definition) is 2. The van der Waals surface area contributed by atoms with Gasteiger partial charge in [-0.2, -0.15) is 0 Å². The molecule has 0 saturated carbocycles. The van der Waals surface area contributed by atoms with Crippen molar-refractivity contribution in [3.8, 4) is 0 Å². The van der Waals surface area contributed by atoms with Gasteiger partial charge in [-0.05, 0) is 62.5 Å². The van der Waals surface area contributed by atoms with E-state index >= 15 is 0 Å². The summed E-state index contributed by atoms with van der Waals surface area (Å²) >= 11 is 12.5. The average molecular weight is 552 g/mol. The molecule has 5 nitrogen and oxygen atoms in total. The molecule has 0 fully saturated rings. The molecule has 0 spiro atoms. The number of nitrogens with zero attached hydrogens (tertiary/aromatic N) is 1. The second-order valence-electron chi connectivity index (χ2n) is 9.18. The number of carboxylic acids is 1. The molecular weight excluding hydrogens is 519 g/mol. The number of nitrogens with one attached hydrogen (secondary N) is 1. The summed E-state index contributed by atoms with van der Waals surface area (Å²) in [6.07, 6.45) is 5.54. The van der Waals surface area contributed by atoms with Gasteiger partial charge in [-0.15, -0.1) is 0 Å². The minimum absolute atomic E-state index is 0.0525. The van der Waals surface area contributed by atoms with Crippen LogP contribution in [0.4, 0.5) is 0 Å². The van der Waals surface area contributed by atoms with E-state index in [4.69, 9.17) is 23.2 Å². The molecular formula is C31H32Cl2N2O3. The van der Waals surface area contributed by atoms with Crippen molar-refractivity contribution in [2.24, 2.45) is 4.99 Å². The van der Waals surface area contributed by atoms with Crippen LogP contribution < -0.4 is 5.32 Å². The largest absolute Gasteiger partial charge is 0.478 e. The lowest BCUT2D eigenvalue weighted by molar-refractivity contribution is -0.132. The topological polar surface area (TPSA) is 78.8 Å². The van der Waals surface area contributed by atoms with Gasteiger partial charge in [0.2, 0.25) is 5.91 Å². The third-order valence-corrected chi connectivity index (χ3v) is 6.73. The average Bonchev–Trinajstić information content (AvgIpc) is 2.87. The van der Waals surface area contributed by atoms with E-state index in [0.29, 0.717) is 56.6 Å². The van der Waals surface area contributed by atoms with Crippen LogP contribution in [0.25, 0.3) is 5.57 Å². The standard InChI is InChI=1S/C31H32Cl2N2O3/c1-5-10-28(22-11-7-6-8-12-22)35-30(36)23-15-16-25(26(18-23)31(37)38)29-24(13-9-14-27(29)33)21(4)34-20(3)17-19(2)32/h6-9,11-14,17-18,28H,2,5,10,15-16H2,1,3-4H3,(H,35,36)(H,37,38)/b20-17+,34-21?/t28-/m1/s1.